The third kappa shape index (κ3) is 1.88. The van der Waals surface area contributed by atoms with E-state index in [9.17, 15) is 15.0 Å². The summed E-state index contributed by atoms with van der Waals surface area (Å²) in [5.74, 6) is -1.53. The average molecular weight is 214 g/mol. The van der Waals surface area contributed by atoms with Crippen LogP contribution in [-0.4, -0.2) is 33.5 Å². The molecular weight excluding hydrogens is 196 g/mol. The quantitative estimate of drug-likeness (QED) is 0.598. The van der Waals surface area contributed by atoms with Crippen molar-refractivity contribution in [2.75, 3.05) is 0 Å². The zero-order valence-electron chi connectivity index (χ0n) is 8.67. The van der Waals surface area contributed by atoms with E-state index in [-0.39, 0.29) is 11.8 Å². The summed E-state index contributed by atoms with van der Waals surface area (Å²) < 4.78 is 0. The Bertz CT molecular complexity index is 253. The molecule has 4 nitrogen and oxygen atoms in total. The monoisotopic (exact) mass is 214 g/mol. The first-order valence-electron chi connectivity index (χ1n) is 5.70. The zero-order chi connectivity index (χ0) is 11.0. The molecule has 3 N–H and O–H groups in total. The number of aliphatic hydroxyl groups is 2. The van der Waals surface area contributed by atoms with Crippen molar-refractivity contribution in [2.24, 2.45) is 17.8 Å². The summed E-state index contributed by atoms with van der Waals surface area (Å²) in [4.78, 5) is 11.1. The molecule has 0 radical (unpaired) electrons. The Kier molecular flexibility index (Phi) is 2.98. The van der Waals surface area contributed by atoms with Gasteiger partial charge in [-0.25, -0.2) is 0 Å². The van der Waals surface area contributed by atoms with Crippen LogP contribution in [0.1, 0.15) is 32.1 Å². The van der Waals surface area contributed by atoms with Crippen LogP contribution in [0.3, 0.4) is 0 Å². The Hall–Kier alpha value is -0.610. The standard InChI is InChI=1S/C11H18O4/c12-8-4-5-9(13)10-6(8)2-1-3-7(10)11(14)15/h6-10,12-13H,1-5H2,(H,14,15)/t6-,7-,8-,9+,10-/m0/s1. The topological polar surface area (TPSA) is 77.8 Å². The van der Waals surface area contributed by atoms with E-state index in [0.29, 0.717) is 19.3 Å². The van der Waals surface area contributed by atoms with E-state index in [4.69, 9.17) is 5.11 Å². The maximum atomic E-state index is 11.1. The Morgan fingerprint density at radius 3 is 2.33 bits per heavy atom. The van der Waals surface area contributed by atoms with Gasteiger partial charge in [-0.3, -0.25) is 4.79 Å². The minimum absolute atomic E-state index is 0.0106. The Morgan fingerprint density at radius 1 is 1.00 bits per heavy atom. The molecule has 2 fully saturated rings. The Morgan fingerprint density at radius 2 is 1.67 bits per heavy atom. The second-order valence-corrected chi connectivity index (χ2v) is 4.83. The van der Waals surface area contributed by atoms with Gasteiger partial charge in [0, 0.05) is 5.92 Å². The highest BCUT2D eigenvalue weighted by molar-refractivity contribution is 5.70. The molecule has 2 aliphatic rings. The van der Waals surface area contributed by atoms with E-state index in [1.54, 1.807) is 0 Å². The van der Waals surface area contributed by atoms with Crippen LogP contribution in [0.4, 0.5) is 0 Å². The van der Waals surface area contributed by atoms with Crippen molar-refractivity contribution >= 4 is 5.97 Å². The summed E-state index contributed by atoms with van der Waals surface area (Å²) in [6.45, 7) is 0. The molecule has 0 saturated heterocycles. The van der Waals surface area contributed by atoms with Crippen molar-refractivity contribution in [1.82, 2.24) is 0 Å². The maximum absolute atomic E-state index is 11.1. The fraction of sp³-hybridized carbons (Fsp3) is 0.909. The van der Waals surface area contributed by atoms with Crippen molar-refractivity contribution < 1.29 is 20.1 Å². The molecule has 0 bridgehead atoms. The van der Waals surface area contributed by atoms with Crippen molar-refractivity contribution in [1.29, 1.82) is 0 Å². The van der Waals surface area contributed by atoms with Crippen LogP contribution < -0.4 is 0 Å². The largest absolute Gasteiger partial charge is 0.481 e. The summed E-state index contributed by atoms with van der Waals surface area (Å²) in [7, 11) is 0. The first-order valence-corrected chi connectivity index (χ1v) is 5.70. The zero-order valence-corrected chi connectivity index (χ0v) is 8.67. The molecule has 86 valence electrons. The van der Waals surface area contributed by atoms with Gasteiger partial charge in [0.1, 0.15) is 0 Å². The molecule has 0 unspecified atom stereocenters. The van der Waals surface area contributed by atoms with Crippen LogP contribution in [-0.2, 0) is 4.79 Å². The molecule has 2 aliphatic carbocycles. The van der Waals surface area contributed by atoms with E-state index in [2.05, 4.69) is 0 Å². The average Bonchev–Trinajstić information content (AvgIpc) is 2.23. The lowest BCUT2D eigenvalue weighted by Gasteiger charge is -2.44. The summed E-state index contributed by atoms with van der Waals surface area (Å²) >= 11 is 0. The number of fused-ring (bicyclic) bond motifs is 1. The number of carbonyl (C=O) groups is 1. The highest BCUT2D eigenvalue weighted by Gasteiger charge is 2.46. The van der Waals surface area contributed by atoms with E-state index >= 15 is 0 Å². The molecule has 2 rings (SSSR count). The second kappa shape index (κ2) is 4.10. The highest BCUT2D eigenvalue weighted by Crippen LogP contribution is 2.44. The summed E-state index contributed by atoms with van der Waals surface area (Å²) in [6, 6.07) is 0. The van der Waals surface area contributed by atoms with Crippen LogP contribution in [0.2, 0.25) is 0 Å². The lowest BCUT2D eigenvalue weighted by atomic mass is 9.63. The fourth-order valence-electron chi connectivity index (χ4n) is 3.30. The first-order chi connectivity index (χ1) is 7.11. The molecular formula is C11H18O4. The third-order valence-corrected chi connectivity index (χ3v) is 4.03. The van der Waals surface area contributed by atoms with E-state index in [0.717, 1.165) is 12.8 Å². The lowest BCUT2D eigenvalue weighted by Crippen LogP contribution is -2.48. The molecule has 0 aliphatic heterocycles. The predicted molar refractivity (Wildman–Crippen MR) is 53.2 cm³/mol. The van der Waals surface area contributed by atoms with Gasteiger partial charge in [-0.2, -0.15) is 0 Å². The third-order valence-electron chi connectivity index (χ3n) is 4.03. The normalized spacial score (nSPS) is 45.9. The van der Waals surface area contributed by atoms with Gasteiger partial charge in [0.05, 0.1) is 18.1 Å². The summed E-state index contributed by atoms with van der Waals surface area (Å²) in [5.41, 5.74) is 0. The van der Waals surface area contributed by atoms with Gasteiger partial charge < -0.3 is 15.3 Å². The van der Waals surface area contributed by atoms with Gasteiger partial charge in [-0.1, -0.05) is 6.42 Å². The molecule has 0 aromatic carbocycles. The molecule has 15 heavy (non-hydrogen) atoms. The number of aliphatic hydroxyl groups excluding tert-OH is 2. The lowest BCUT2D eigenvalue weighted by molar-refractivity contribution is -0.155. The van der Waals surface area contributed by atoms with Crippen molar-refractivity contribution in [2.45, 2.75) is 44.3 Å². The number of aliphatic carboxylic acids is 1. The van der Waals surface area contributed by atoms with Crippen molar-refractivity contribution in [3.05, 3.63) is 0 Å². The molecule has 5 atom stereocenters. The second-order valence-electron chi connectivity index (χ2n) is 4.83. The van der Waals surface area contributed by atoms with Crippen LogP contribution in [0.15, 0.2) is 0 Å². The molecule has 4 heteroatoms. The number of carboxylic acid groups (broad SMARTS) is 1. The van der Waals surface area contributed by atoms with Crippen molar-refractivity contribution in [3.8, 4) is 0 Å². The number of hydrogen-bond donors (Lipinski definition) is 3. The predicted octanol–water partition coefficient (Wildman–Crippen LogP) is 0.619. The van der Waals surface area contributed by atoms with Gasteiger partial charge in [0.15, 0.2) is 0 Å². The minimum atomic E-state index is -0.821. The Balaban J connectivity index is 2.19. The van der Waals surface area contributed by atoms with Gasteiger partial charge in [-0.05, 0) is 31.6 Å². The molecule has 2 saturated carbocycles. The molecule has 0 amide bonds. The molecule has 0 spiro atoms. The van der Waals surface area contributed by atoms with Gasteiger partial charge in [0.2, 0.25) is 0 Å². The van der Waals surface area contributed by atoms with E-state index < -0.39 is 24.1 Å². The van der Waals surface area contributed by atoms with Crippen LogP contribution in [0.25, 0.3) is 0 Å². The van der Waals surface area contributed by atoms with Crippen LogP contribution >= 0.6 is 0 Å². The molecule has 0 aromatic heterocycles. The smallest absolute Gasteiger partial charge is 0.306 e. The number of rotatable bonds is 1. The van der Waals surface area contributed by atoms with Gasteiger partial charge in [0.25, 0.3) is 0 Å². The molecule has 0 heterocycles. The number of carboxylic acids is 1. The van der Waals surface area contributed by atoms with E-state index in [1.807, 2.05) is 0 Å². The SMILES string of the molecule is O=C(O)[C@H]1CCC[C@@H]2[C@@H]1[C@H](O)CC[C@@H]2O. The van der Waals surface area contributed by atoms with E-state index in [1.165, 1.54) is 0 Å². The Labute approximate surface area is 88.9 Å². The van der Waals surface area contributed by atoms with Gasteiger partial charge in [-0.15, -0.1) is 0 Å². The number of hydrogen-bond acceptors (Lipinski definition) is 3. The summed E-state index contributed by atoms with van der Waals surface area (Å²) in [6.07, 6.45) is 2.52. The minimum Gasteiger partial charge on any atom is -0.481 e. The van der Waals surface area contributed by atoms with Crippen LogP contribution in [0.5, 0.6) is 0 Å². The first kappa shape index (κ1) is 10.9. The molecule has 0 aromatic rings. The van der Waals surface area contributed by atoms with Crippen molar-refractivity contribution in [3.63, 3.8) is 0 Å². The fourth-order valence-corrected chi connectivity index (χ4v) is 3.30. The van der Waals surface area contributed by atoms with Gasteiger partial charge >= 0.3 is 5.97 Å². The summed E-state index contributed by atoms with van der Waals surface area (Å²) in [5, 5.41) is 28.8. The highest BCUT2D eigenvalue weighted by atomic mass is 16.4. The maximum Gasteiger partial charge on any atom is 0.306 e. The van der Waals surface area contributed by atoms with Crippen LogP contribution in [0, 0.1) is 17.8 Å².